The number of hydrogen-bond acceptors (Lipinski definition) is 3. The number of fused-ring (bicyclic) bond motifs is 1. The maximum absolute atomic E-state index is 12.5. The second-order valence-electron chi connectivity index (χ2n) is 5.58. The fraction of sp³-hybridized carbons (Fsp3) is 0.294. The summed E-state index contributed by atoms with van der Waals surface area (Å²) in [5, 5.41) is 12.0. The van der Waals surface area contributed by atoms with Crippen molar-refractivity contribution in [1.82, 2.24) is 4.90 Å². The van der Waals surface area contributed by atoms with E-state index in [9.17, 15) is 14.7 Å². The van der Waals surface area contributed by atoms with Gasteiger partial charge in [0.15, 0.2) is 0 Å². The van der Waals surface area contributed by atoms with Gasteiger partial charge in [-0.1, -0.05) is 35.9 Å². The van der Waals surface area contributed by atoms with E-state index in [-0.39, 0.29) is 5.91 Å². The molecule has 0 aliphatic carbocycles. The van der Waals surface area contributed by atoms with Gasteiger partial charge in [0.2, 0.25) is 5.91 Å². The molecular formula is C17H16ClNO3S. The summed E-state index contributed by atoms with van der Waals surface area (Å²) in [6.07, 6.45) is 1.24. The lowest BCUT2D eigenvalue weighted by Crippen LogP contribution is -2.48. The Kier molecular flexibility index (Phi) is 4.68. The van der Waals surface area contributed by atoms with E-state index >= 15 is 0 Å². The van der Waals surface area contributed by atoms with Gasteiger partial charge in [0.1, 0.15) is 6.04 Å². The maximum atomic E-state index is 12.5. The van der Waals surface area contributed by atoms with E-state index in [2.05, 4.69) is 0 Å². The van der Waals surface area contributed by atoms with Gasteiger partial charge in [-0.3, -0.25) is 4.79 Å². The molecule has 23 heavy (non-hydrogen) atoms. The molecule has 120 valence electrons. The first-order valence-electron chi connectivity index (χ1n) is 7.36. The molecule has 0 spiro atoms. The first kappa shape index (κ1) is 16.0. The van der Waals surface area contributed by atoms with Gasteiger partial charge >= 0.3 is 5.97 Å². The van der Waals surface area contributed by atoms with Gasteiger partial charge in [-0.2, -0.15) is 0 Å². The summed E-state index contributed by atoms with van der Waals surface area (Å²) in [6.45, 7) is 0.358. The lowest BCUT2D eigenvalue weighted by Gasteiger charge is -2.34. The van der Waals surface area contributed by atoms with Gasteiger partial charge in [-0.25, -0.2) is 4.79 Å². The molecule has 0 saturated carbocycles. The van der Waals surface area contributed by atoms with Crippen LogP contribution in [0.15, 0.2) is 35.7 Å². The van der Waals surface area contributed by atoms with E-state index < -0.39 is 12.0 Å². The zero-order chi connectivity index (χ0) is 16.4. The minimum Gasteiger partial charge on any atom is -0.480 e. The van der Waals surface area contributed by atoms with Crippen molar-refractivity contribution in [2.45, 2.75) is 31.8 Å². The number of amides is 1. The highest BCUT2D eigenvalue weighted by Crippen LogP contribution is 2.25. The van der Waals surface area contributed by atoms with Crippen LogP contribution in [-0.2, 0) is 29.0 Å². The molecule has 6 heteroatoms. The Morgan fingerprint density at radius 2 is 2.04 bits per heavy atom. The smallest absolute Gasteiger partial charge is 0.326 e. The number of carbonyl (C=O) groups excluding carboxylic acids is 1. The number of benzene rings is 1. The number of halogens is 1. The van der Waals surface area contributed by atoms with Crippen LogP contribution in [-0.4, -0.2) is 27.9 Å². The first-order chi connectivity index (χ1) is 11.0. The molecule has 0 saturated heterocycles. The van der Waals surface area contributed by atoms with E-state index in [0.717, 1.165) is 16.0 Å². The molecule has 1 amide bonds. The SMILES string of the molecule is O=C(O)C1Cc2ccccc2CN1C(=O)CCc1cc(Cl)cs1. The van der Waals surface area contributed by atoms with Gasteiger partial charge in [-0.05, 0) is 23.6 Å². The van der Waals surface area contributed by atoms with Crippen molar-refractivity contribution in [2.24, 2.45) is 0 Å². The van der Waals surface area contributed by atoms with E-state index in [1.54, 1.807) is 0 Å². The van der Waals surface area contributed by atoms with Crippen molar-refractivity contribution in [3.05, 3.63) is 56.7 Å². The van der Waals surface area contributed by atoms with Gasteiger partial charge in [0, 0.05) is 29.6 Å². The van der Waals surface area contributed by atoms with Crippen molar-refractivity contribution in [1.29, 1.82) is 0 Å². The van der Waals surface area contributed by atoms with E-state index in [0.29, 0.717) is 30.8 Å². The van der Waals surface area contributed by atoms with Crippen LogP contribution in [0.5, 0.6) is 0 Å². The molecule has 1 aliphatic heterocycles. The third-order valence-corrected chi connectivity index (χ3v) is 5.41. The predicted octanol–water partition coefficient (Wildman–Crippen LogP) is 3.37. The average Bonchev–Trinajstić information content (AvgIpc) is 2.96. The van der Waals surface area contributed by atoms with E-state index in [1.165, 1.54) is 16.2 Å². The molecule has 1 aromatic heterocycles. The molecule has 0 bridgehead atoms. The Hall–Kier alpha value is -1.85. The van der Waals surface area contributed by atoms with Gasteiger partial charge in [0.05, 0.1) is 5.02 Å². The molecule has 4 nitrogen and oxygen atoms in total. The zero-order valence-corrected chi connectivity index (χ0v) is 13.9. The summed E-state index contributed by atoms with van der Waals surface area (Å²) in [4.78, 5) is 26.6. The zero-order valence-electron chi connectivity index (χ0n) is 12.4. The Balaban J connectivity index is 1.73. The number of nitrogens with zero attached hydrogens (tertiary/aromatic N) is 1. The van der Waals surface area contributed by atoms with Crippen molar-refractivity contribution in [2.75, 3.05) is 0 Å². The monoisotopic (exact) mass is 349 g/mol. The second kappa shape index (κ2) is 6.72. The largest absolute Gasteiger partial charge is 0.480 e. The summed E-state index contributed by atoms with van der Waals surface area (Å²) in [7, 11) is 0. The summed E-state index contributed by atoms with van der Waals surface area (Å²) in [6, 6.07) is 8.75. The molecular weight excluding hydrogens is 334 g/mol. The normalized spacial score (nSPS) is 16.9. The minimum absolute atomic E-state index is 0.128. The minimum atomic E-state index is -0.952. The third-order valence-electron chi connectivity index (χ3n) is 4.06. The Bertz CT molecular complexity index is 743. The number of thiophene rings is 1. The van der Waals surface area contributed by atoms with Crippen LogP contribution in [0.25, 0.3) is 0 Å². The van der Waals surface area contributed by atoms with Gasteiger partial charge in [0.25, 0.3) is 0 Å². The standard InChI is InChI=1S/C17H16ClNO3S/c18-13-8-14(23-10-13)5-6-16(20)19-9-12-4-2-1-3-11(12)7-15(19)17(21)22/h1-4,8,10,15H,5-7,9H2,(H,21,22). The Morgan fingerprint density at radius 1 is 1.30 bits per heavy atom. The van der Waals surface area contributed by atoms with Crippen molar-refractivity contribution in [3.8, 4) is 0 Å². The molecule has 3 rings (SSSR count). The number of hydrogen-bond donors (Lipinski definition) is 1. The molecule has 1 atom stereocenters. The van der Waals surface area contributed by atoms with Crippen LogP contribution >= 0.6 is 22.9 Å². The molecule has 1 N–H and O–H groups in total. The first-order valence-corrected chi connectivity index (χ1v) is 8.62. The summed E-state index contributed by atoms with van der Waals surface area (Å²) in [5.41, 5.74) is 2.03. The van der Waals surface area contributed by atoms with Crippen LogP contribution in [0.3, 0.4) is 0 Å². The molecule has 2 heterocycles. The predicted molar refractivity (Wildman–Crippen MR) is 89.8 cm³/mol. The number of rotatable bonds is 4. The van der Waals surface area contributed by atoms with Crippen molar-refractivity contribution in [3.63, 3.8) is 0 Å². The topological polar surface area (TPSA) is 57.6 Å². The van der Waals surface area contributed by atoms with Crippen LogP contribution in [0, 0.1) is 0 Å². The lowest BCUT2D eigenvalue weighted by molar-refractivity contribution is -0.151. The number of aryl methyl sites for hydroxylation is 1. The molecule has 1 unspecified atom stereocenters. The number of carboxylic acids is 1. The Labute approximate surface area is 143 Å². The molecule has 0 fully saturated rings. The third kappa shape index (κ3) is 3.57. The van der Waals surface area contributed by atoms with Crippen LogP contribution in [0.2, 0.25) is 5.02 Å². The number of carbonyl (C=O) groups is 2. The maximum Gasteiger partial charge on any atom is 0.326 e. The fourth-order valence-electron chi connectivity index (χ4n) is 2.86. The molecule has 2 aromatic rings. The fourth-order valence-corrected chi connectivity index (χ4v) is 3.94. The quantitative estimate of drug-likeness (QED) is 0.920. The highest BCUT2D eigenvalue weighted by molar-refractivity contribution is 7.10. The summed E-state index contributed by atoms with van der Waals surface area (Å²) >= 11 is 7.40. The Morgan fingerprint density at radius 3 is 2.70 bits per heavy atom. The highest BCUT2D eigenvalue weighted by atomic mass is 35.5. The van der Waals surface area contributed by atoms with Gasteiger partial charge < -0.3 is 10.0 Å². The van der Waals surface area contributed by atoms with E-state index in [4.69, 9.17) is 11.6 Å². The van der Waals surface area contributed by atoms with Crippen molar-refractivity contribution < 1.29 is 14.7 Å². The average molecular weight is 350 g/mol. The highest BCUT2D eigenvalue weighted by Gasteiger charge is 2.34. The van der Waals surface area contributed by atoms with Crippen LogP contribution in [0.1, 0.15) is 22.4 Å². The number of carboxylic acid groups (broad SMARTS) is 1. The summed E-state index contributed by atoms with van der Waals surface area (Å²) in [5.74, 6) is -1.08. The van der Waals surface area contributed by atoms with Crippen LogP contribution < -0.4 is 0 Å². The lowest BCUT2D eigenvalue weighted by atomic mass is 9.93. The molecule has 1 aromatic carbocycles. The number of aliphatic carboxylic acids is 1. The summed E-state index contributed by atoms with van der Waals surface area (Å²) < 4.78 is 0. The molecule has 0 radical (unpaired) electrons. The molecule has 1 aliphatic rings. The van der Waals surface area contributed by atoms with E-state index in [1.807, 2.05) is 35.7 Å². The van der Waals surface area contributed by atoms with Crippen LogP contribution in [0.4, 0.5) is 0 Å². The second-order valence-corrected chi connectivity index (χ2v) is 7.01. The van der Waals surface area contributed by atoms with Gasteiger partial charge in [-0.15, -0.1) is 11.3 Å². The van der Waals surface area contributed by atoms with Crippen molar-refractivity contribution >= 4 is 34.8 Å².